The lowest BCUT2D eigenvalue weighted by Gasteiger charge is -2.23. The number of nitro groups is 1. The molecule has 31 heavy (non-hydrogen) atoms. The number of ether oxygens (including phenoxy) is 3. The molecule has 0 fully saturated rings. The molecule has 2 aromatic carbocycles. The predicted molar refractivity (Wildman–Crippen MR) is 115 cm³/mol. The molecule has 0 radical (unpaired) electrons. The summed E-state index contributed by atoms with van der Waals surface area (Å²) in [4.78, 5) is 9.99. The molecule has 0 aliphatic carbocycles. The Morgan fingerprint density at radius 1 is 1.10 bits per heavy atom. The van der Waals surface area contributed by atoms with Gasteiger partial charge in [-0.2, -0.15) is 0 Å². The first-order valence-corrected chi connectivity index (χ1v) is 10.7. The van der Waals surface area contributed by atoms with Gasteiger partial charge in [-0.1, -0.05) is 20.8 Å². The number of rotatable bonds is 9. The Kier molecular flexibility index (Phi) is 7.34. The summed E-state index contributed by atoms with van der Waals surface area (Å²) in [6.07, 6.45) is 0. The van der Waals surface area contributed by atoms with E-state index in [0.29, 0.717) is 11.3 Å². The highest BCUT2D eigenvalue weighted by Gasteiger charge is 2.27. The fraction of sp³-hybridized carbons (Fsp3) is 0.400. The number of aromatic hydroxyl groups is 1. The number of nitrogens with zero attached hydrogens (tertiary/aromatic N) is 1. The monoisotopic (exact) mass is 454 g/mol. The van der Waals surface area contributed by atoms with Gasteiger partial charge in [-0.3, -0.25) is 14.8 Å². The number of sulfonamides is 1. The number of anilines is 1. The lowest BCUT2D eigenvalue weighted by molar-refractivity contribution is -0.385. The Bertz CT molecular complexity index is 1060. The summed E-state index contributed by atoms with van der Waals surface area (Å²) in [5.41, 5.74) is -0.263. The van der Waals surface area contributed by atoms with Crippen LogP contribution in [0, 0.1) is 10.1 Å². The lowest BCUT2D eigenvalue weighted by Crippen LogP contribution is -2.17. The number of non-ortho nitro benzene ring substituents is 1. The topological polar surface area (TPSA) is 137 Å². The Balaban J connectivity index is 2.52. The summed E-state index contributed by atoms with van der Waals surface area (Å²) in [6, 6.07) is 6.00. The van der Waals surface area contributed by atoms with Crippen molar-refractivity contribution in [2.45, 2.75) is 31.1 Å². The van der Waals surface area contributed by atoms with Gasteiger partial charge in [-0.05, 0) is 17.5 Å². The number of nitro benzene ring substituents is 1. The van der Waals surface area contributed by atoms with Crippen LogP contribution in [0.5, 0.6) is 17.2 Å². The Labute approximate surface area is 181 Å². The van der Waals surface area contributed by atoms with Crippen molar-refractivity contribution in [3.8, 4) is 17.2 Å². The summed E-state index contributed by atoms with van der Waals surface area (Å²) in [6.45, 7) is 5.98. The van der Waals surface area contributed by atoms with E-state index in [2.05, 4.69) is 4.72 Å². The second-order valence-corrected chi connectivity index (χ2v) is 9.31. The second-order valence-electron chi connectivity index (χ2n) is 7.65. The van der Waals surface area contributed by atoms with Crippen molar-refractivity contribution in [1.82, 2.24) is 0 Å². The SMILES string of the molecule is COCCOc1ccc([N+](=O)[O-])cc1S(=O)(=O)Nc1cc(OC)c(C(C)(C)C)cc1O. The maximum absolute atomic E-state index is 13.1. The van der Waals surface area contributed by atoms with Gasteiger partial charge in [-0.25, -0.2) is 8.42 Å². The van der Waals surface area contributed by atoms with E-state index in [1.165, 1.54) is 32.4 Å². The van der Waals surface area contributed by atoms with Gasteiger partial charge in [0.25, 0.3) is 15.7 Å². The number of hydrogen-bond acceptors (Lipinski definition) is 8. The van der Waals surface area contributed by atoms with E-state index in [9.17, 15) is 23.6 Å². The van der Waals surface area contributed by atoms with Crippen LogP contribution < -0.4 is 14.2 Å². The summed E-state index contributed by atoms with van der Waals surface area (Å²) in [5.74, 6) is -0.0342. The number of phenolic OH excluding ortho intramolecular Hbond substituents is 1. The molecule has 0 spiro atoms. The van der Waals surface area contributed by atoms with Crippen LogP contribution in [0.1, 0.15) is 26.3 Å². The minimum atomic E-state index is -4.37. The van der Waals surface area contributed by atoms with E-state index >= 15 is 0 Å². The van der Waals surface area contributed by atoms with Crippen LogP contribution in [0.25, 0.3) is 0 Å². The molecule has 0 saturated carbocycles. The maximum Gasteiger partial charge on any atom is 0.271 e. The molecule has 0 heterocycles. The molecule has 2 rings (SSSR count). The predicted octanol–water partition coefficient (Wildman–Crippen LogP) is 3.43. The third-order valence-corrected chi connectivity index (χ3v) is 5.73. The minimum Gasteiger partial charge on any atom is -0.506 e. The molecule has 11 heteroatoms. The van der Waals surface area contributed by atoms with Crippen molar-refractivity contribution >= 4 is 21.4 Å². The minimum absolute atomic E-state index is 0.0379. The number of nitrogens with one attached hydrogen (secondary N) is 1. The van der Waals surface area contributed by atoms with Crippen molar-refractivity contribution in [2.75, 3.05) is 32.2 Å². The number of benzene rings is 2. The van der Waals surface area contributed by atoms with Crippen molar-refractivity contribution in [3.63, 3.8) is 0 Å². The van der Waals surface area contributed by atoms with E-state index in [1.807, 2.05) is 20.8 Å². The zero-order chi connectivity index (χ0) is 23.4. The highest BCUT2D eigenvalue weighted by atomic mass is 32.2. The van der Waals surface area contributed by atoms with Gasteiger partial charge in [0, 0.05) is 30.9 Å². The van der Waals surface area contributed by atoms with Gasteiger partial charge in [0.15, 0.2) is 0 Å². The molecule has 0 amide bonds. The highest BCUT2D eigenvalue weighted by Crippen LogP contribution is 2.40. The first-order valence-electron chi connectivity index (χ1n) is 9.25. The van der Waals surface area contributed by atoms with Gasteiger partial charge in [-0.15, -0.1) is 0 Å². The van der Waals surface area contributed by atoms with Crippen LogP contribution in [0.3, 0.4) is 0 Å². The Morgan fingerprint density at radius 3 is 2.32 bits per heavy atom. The molecule has 0 unspecified atom stereocenters. The van der Waals surface area contributed by atoms with E-state index in [1.54, 1.807) is 0 Å². The van der Waals surface area contributed by atoms with E-state index in [0.717, 1.165) is 12.1 Å². The standard InChI is InChI=1S/C20H26N2O8S/c1-20(2,3)14-11-16(23)15(12-18(14)29-5)21-31(26,27)19-10-13(22(24)25)6-7-17(19)30-9-8-28-4/h6-7,10-12,21,23H,8-9H2,1-5H3. The summed E-state index contributed by atoms with van der Waals surface area (Å²) in [5, 5.41) is 21.6. The molecule has 0 bridgehead atoms. The van der Waals surface area contributed by atoms with Crippen molar-refractivity contribution < 1.29 is 32.7 Å². The van der Waals surface area contributed by atoms with Crippen LogP contribution in [0.15, 0.2) is 35.2 Å². The van der Waals surface area contributed by atoms with Gasteiger partial charge in [0.1, 0.15) is 28.8 Å². The first-order chi connectivity index (χ1) is 14.4. The average Bonchev–Trinajstić information content (AvgIpc) is 2.68. The van der Waals surface area contributed by atoms with E-state index in [4.69, 9.17) is 14.2 Å². The average molecular weight is 455 g/mol. The van der Waals surface area contributed by atoms with Gasteiger partial charge >= 0.3 is 0 Å². The molecule has 2 aromatic rings. The molecule has 0 aliphatic rings. The highest BCUT2D eigenvalue weighted by molar-refractivity contribution is 7.92. The molecule has 10 nitrogen and oxygen atoms in total. The van der Waals surface area contributed by atoms with Crippen LogP contribution >= 0.6 is 0 Å². The van der Waals surface area contributed by atoms with Crippen molar-refractivity contribution in [3.05, 3.63) is 46.0 Å². The molecular formula is C20H26N2O8S. The zero-order valence-corrected chi connectivity index (χ0v) is 18.8. The molecule has 2 N–H and O–H groups in total. The second kappa shape index (κ2) is 9.40. The molecule has 0 saturated heterocycles. The third kappa shape index (κ3) is 5.76. The Morgan fingerprint density at radius 2 is 1.77 bits per heavy atom. The fourth-order valence-electron chi connectivity index (χ4n) is 2.78. The van der Waals surface area contributed by atoms with Gasteiger partial charge in [0.2, 0.25) is 0 Å². The normalized spacial score (nSPS) is 11.8. The molecule has 170 valence electrons. The van der Waals surface area contributed by atoms with Crippen molar-refractivity contribution in [1.29, 1.82) is 0 Å². The third-order valence-electron chi connectivity index (χ3n) is 4.34. The van der Waals surface area contributed by atoms with Crippen LogP contribution in [0.2, 0.25) is 0 Å². The number of methoxy groups -OCH3 is 2. The van der Waals surface area contributed by atoms with Gasteiger partial charge in [0.05, 0.1) is 24.3 Å². The van der Waals surface area contributed by atoms with Crippen LogP contribution in [0.4, 0.5) is 11.4 Å². The molecule has 0 aliphatic heterocycles. The van der Waals surface area contributed by atoms with Crippen LogP contribution in [-0.4, -0.2) is 45.9 Å². The Hall–Kier alpha value is -3.05. The van der Waals surface area contributed by atoms with Crippen LogP contribution in [-0.2, 0) is 20.2 Å². The first kappa shape index (κ1) is 24.2. The summed E-state index contributed by atoms with van der Waals surface area (Å²) < 4.78 is 44.1. The van der Waals surface area contributed by atoms with Crippen molar-refractivity contribution in [2.24, 2.45) is 0 Å². The van der Waals surface area contributed by atoms with E-state index in [-0.39, 0.29) is 35.8 Å². The summed E-state index contributed by atoms with van der Waals surface area (Å²) in [7, 11) is -1.48. The zero-order valence-electron chi connectivity index (χ0n) is 18.0. The molecule has 0 aromatic heterocycles. The molecule has 0 atom stereocenters. The van der Waals surface area contributed by atoms with Gasteiger partial charge < -0.3 is 19.3 Å². The summed E-state index contributed by atoms with van der Waals surface area (Å²) >= 11 is 0. The maximum atomic E-state index is 13.1. The number of hydrogen-bond donors (Lipinski definition) is 2. The smallest absolute Gasteiger partial charge is 0.271 e. The fourth-order valence-corrected chi connectivity index (χ4v) is 4.01. The van der Waals surface area contributed by atoms with E-state index < -0.39 is 25.5 Å². The number of phenols is 1. The quantitative estimate of drug-likeness (QED) is 0.254. The largest absolute Gasteiger partial charge is 0.506 e. The molecular weight excluding hydrogens is 428 g/mol. The lowest BCUT2D eigenvalue weighted by atomic mass is 9.86.